The van der Waals surface area contributed by atoms with Crippen LogP contribution in [0.15, 0.2) is 84.6 Å². The SMILES string of the molecule is COc1ccc(NC2=C(c3ccccc3OC)C(=O)N(Cc3ccccc3)C2=O)cc1. The third-order valence-corrected chi connectivity index (χ3v) is 5.09. The fraction of sp³-hybridized carbons (Fsp3) is 0.120. The molecule has 2 amide bonds. The van der Waals surface area contributed by atoms with Gasteiger partial charge >= 0.3 is 0 Å². The maximum absolute atomic E-state index is 13.4. The average molecular weight is 414 g/mol. The molecule has 0 spiro atoms. The smallest absolute Gasteiger partial charge is 0.278 e. The number of hydrogen-bond donors (Lipinski definition) is 1. The Bertz CT molecular complexity index is 1140. The minimum absolute atomic E-state index is 0.185. The predicted octanol–water partition coefficient (Wildman–Crippen LogP) is 4.10. The van der Waals surface area contributed by atoms with E-state index < -0.39 is 0 Å². The van der Waals surface area contributed by atoms with Crippen LogP contribution in [-0.2, 0) is 16.1 Å². The van der Waals surface area contributed by atoms with Crippen LogP contribution in [0.5, 0.6) is 11.5 Å². The molecule has 1 aliphatic rings. The largest absolute Gasteiger partial charge is 0.497 e. The molecular formula is C25H22N2O4. The number of anilines is 1. The van der Waals surface area contributed by atoms with Gasteiger partial charge in [0.05, 0.1) is 26.3 Å². The van der Waals surface area contributed by atoms with Crippen LogP contribution in [0.25, 0.3) is 5.57 Å². The molecule has 1 N–H and O–H groups in total. The summed E-state index contributed by atoms with van der Waals surface area (Å²) in [5.74, 6) is 0.471. The lowest BCUT2D eigenvalue weighted by atomic mass is 10.0. The first-order chi connectivity index (χ1) is 15.1. The van der Waals surface area contributed by atoms with Crippen molar-refractivity contribution in [3.8, 4) is 11.5 Å². The van der Waals surface area contributed by atoms with Crippen molar-refractivity contribution in [3.05, 3.63) is 95.7 Å². The summed E-state index contributed by atoms with van der Waals surface area (Å²) in [6.07, 6.45) is 0. The minimum atomic E-state index is -0.384. The number of rotatable bonds is 7. The number of para-hydroxylation sites is 1. The van der Waals surface area contributed by atoms with E-state index in [1.807, 2.05) is 42.5 Å². The lowest BCUT2D eigenvalue weighted by Crippen LogP contribution is -2.32. The highest BCUT2D eigenvalue weighted by Crippen LogP contribution is 2.36. The monoisotopic (exact) mass is 414 g/mol. The van der Waals surface area contributed by atoms with Crippen molar-refractivity contribution in [2.45, 2.75) is 6.54 Å². The third-order valence-electron chi connectivity index (χ3n) is 5.09. The zero-order valence-corrected chi connectivity index (χ0v) is 17.3. The molecular weight excluding hydrogens is 392 g/mol. The molecule has 6 heteroatoms. The number of ether oxygens (including phenoxy) is 2. The van der Waals surface area contributed by atoms with Gasteiger partial charge in [-0.3, -0.25) is 14.5 Å². The topological polar surface area (TPSA) is 67.9 Å². The third kappa shape index (κ3) is 4.00. The van der Waals surface area contributed by atoms with Crippen LogP contribution in [0, 0.1) is 0 Å². The van der Waals surface area contributed by atoms with Gasteiger partial charge < -0.3 is 14.8 Å². The molecule has 6 nitrogen and oxygen atoms in total. The Kier molecular flexibility index (Phi) is 5.71. The number of carbonyl (C=O) groups excluding carboxylic acids is 2. The van der Waals surface area contributed by atoms with Crippen LogP contribution < -0.4 is 14.8 Å². The van der Waals surface area contributed by atoms with E-state index in [1.54, 1.807) is 50.6 Å². The van der Waals surface area contributed by atoms with E-state index in [4.69, 9.17) is 9.47 Å². The van der Waals surface area contributed by atoms with Gasteiger partial charge in [0, 0.05) is 11.3 Å². The highest BCUT2D eigenvalue weighted by atomic mass is 16.5. The molecule has 3 aromatic rings. The fourth-order valence-electron chi connectivity index (χ4n) is 3.52. The number of amides is 2. The Morgan fingerprint density at radius 3 is 2.13 bits per heavy atom. The molecule has 0 fully saturated rings. The van der Waals surface area contributed by atoms with E-state index in [0.717, 1.165) is 5.56 Å². The molecule has 0 unspecified atom stereocenters. The Labute approximate surface area is 180 Å². The van der Waals surface area contributed by atoms with Crippen molar-refractivity contribution < 1.29 is 19.1 Å². The minimum Gasteiger partial charge on any atom is -0.497 e. The van der Waals surface area contributed by atoms with Crippen LogP contribution >= 0.6 is 0 Å². The second-order valence-corrected chi connectivity index (χ2v) is 6.99. The van der Waals surface area contributed by atoms with Gasteiger partial charge in [0.2, 0.25) is 0 Å². The Hall–Kier alpha value is -4.06. The number of hydrogen-bond acceptors (Lipinski definition) is 5. The van der Waals surface area contributed by atoms with E-state index in [2.05, 4.69) is 5.32 Å². The van der Waals surface area contributed by atoms with Crippen LogP contribution in [0.4, 0.5) is 5.69 Å². The van der Waals surface area contributed by atoms with Crippen molar-refractivity contribution in [2.24, 2.45) is 0 Å². The van der Waals surface area contributed by atoms with Crippen LogP contribution in [0.3, 0.4) is 0 Å². The maximum Gasteiger partial charge on any atom is 0.278 e. The van der Waals surface area contributed by atoms with Gasteiger partial charge in [0.25, 0.3) is 11.8 Å². The summed E-state index contributed by atoms with van der Waals surface area (Å²) in [5.41, 5.74) is 2.61. The summed E-state index contributed by atoms with van der Waals surface area (Å²) < 4.78 is 10.7. The highest BCUT2D eigenvalue weighted by molar-refractivity contribution is 6.36. The Morgan fingerprint density at radius 1 is 0.774 bits per heavy atom. The van der Waals surface area contributed by atoms with Crippen molar-refractivity contribution in [3.63, 3.8) is 0 Å². The molecule has 31 heavy (non-hydrogen) atoms. The summed E-state index contributed by atoms with van der Waals surface area (Å²) in [5, 5.41) is 3.14. The predicted molar refractivity (Wildman–Crippen MR) is 119 cm³/mol. The van der Waals surface area contributed by atoms with Gasteiger partial charge in [-0.25, -0.2) is 0 Å². The molecule has 0 saturated carbocycles. The molecule has 4 rings (SSSR count). The zero-order chi connectivity index (χ0) is 21.8. The standard InChI is InChI=1S/C25H22N2O4/c1-30-19-14-12-18(13-15-19)26-23-22(20-10-6-7-11-21(20)31-2)24(28)27(25(23)29)16-17-8-4-3-5-9-17/h3-15,26H,16H2,1-2H3. The van der Waals surface area contributed by atoms with Crippen molar-refractivity contribution in [1.82, 2.24) is 4.90 Å². The first-order valence-electron chi connectivity index (χ1n) is 9.81. The number of carbonyl (C=O) groups is 2. The second-order valence-electron chi connectivity index (χ2n) is 6.99. The number of imide groups is 1. The molecule has 0 aromatic heterocycles. The molecule has 1 aliphatic heterocycles. The summed E-state index contributed by atoms with van der Waals surface area (Å²) in [4.78, 5) is 28.0. The van der Waals surface area contributed by atoms with Crippen molar-refractivity contribution >= 4 is 23.1 Å². The first kappa shape index (κ1) is 20.2. The summed E-state index contributed by atoms with van der Waals surface area (Å²) in [6, 6.07) is 23.8. The van der Waals surface area contributed by atoms with E-state index in [0.29, 0.717) is 22.7 Å². The molecule has 0 bridgehead atoms. The van der Waals surface area contributed by atoms with Gasteiger partial charge in [-0.05, 0) is 35.9 Å². The Balaban J connectivity index is 1.76. The van der Waals surface area contributed by atoms with Crippen LogP contribution in [0.2, 0.25) is 0 Å². The van der Waals surface area contributed by atoms with Gasteiger partial charge in [0.1, 0.15) is 17.2 Å². The molecule has 3 aromatic carbocycles. The van der Waals surface area contributed by atoms with E-state index in [1.165, 1.54) is 4.90 Å². The summed E-state index contributed by atoms with van der Waals surface area (Å²) in [7, 11) is 3.13. The quantitative estimate of drug-likeness (QED) is 0.590. The van der Waals surface area contributed by atoms with Gasteiger partial charge in [-0.2, -0.15) is 0 Å². The summed E-state index contributed by atoms with van der Waals surface area (Å²) >= 11 is 0. The molecule has 0 saturated heterocycles. The van der Waals surface area contributed by atoms with Crippen molar-refractivity contribution in [2.75, 3.05) is 19.5 Å². The number of nitrogens with zero attached hydrogens (tertiary/aromatic N) is 1. The molecule has 1 heterocycles. The Morgan fingerprint density at radius 2 is 1.45 bits per heavy atom. The number of methoxy groups -OCH3 is 2. The van der Waals surface area contributed by atoms with Crippen molar-refractivity contribution in [1.29, 1.82) is 0 Å². The van der Waals surface area contributed by atoms with E-state index in [9.17, 15) is 9.59 Å². The molecule has 156 valence electrons. The zero-order valence-electron chi connectivity index (χ0n) is 17.3. The fourth-order valence-corrected chi connectivity index (χ4v) is 3.52. The number of benzene rings is 3. The maximum atomic E-state index is 13.4. The second kappa shape index (κ2) is 8.75. The average Bonchev–Trinajstić information content (AvgIpc) is 3.04. The molecule has 0 aliphatic carbocycles. The number of nitrogens with one attached hydrogen (secondary N) is 1. The highest BCUT2D eigenvalue weighted by Gasteiger charge is 2.40. The normalized spacial score (nSPS) is 13.5. The first-order valence-corrected chi connectivity index (χ1v) is 9.81. The van der Waals surface area contributed by atoms with E-state index >= 15 is 0 Å². The summed E-state index contributed by atoms with van der Waals surface area (Å²) in [6.45, 7) is 0.185. The lowest BCUT2D eigenvalue weighted by molar-refractivity contribution is -0.137. The molecule has 0 atom stereocenters. The lowest BCUT2D eigenvalue weighted by Gasteiger charge is -2.15. The van der Waals surface area contributed by atoms with Crippen LogP contribution in [0.1, 0.15) is 11.1 Å². The van der Waals surface area contributed by atoms with Gasteiger partial charge in [-0.15, -0.1) is 0 Å². The van der Waals surface area contributed by atoms with Gasteiger partial charge in [0.15, 0.2) is 0 Å². The van der Waals surface area contributed by atoms with E-state index in [-0.39, 0.29) is 29.6 Å². The molecule has 0 radical (unpaired) electrons. The van der Waals surface area contributed by atoms with Crippen LogP contribution in [-0.4, -0.2) is 30.9 Å². The van der Waals surface area contributed by atoms with Gasteiger partial charge in [-0.1, -0.05) is 48.5 Å².